The van der Waals surface area contributed by atoms with Crippen LogP contribution in [-0.4, -0.2) is 34.6 Å². The van der Waals surface area contributed by atoms with E-state index >= 15 is 0 Å². The van der Waals surface area contributed by atoms with Crippen molar-refractivity contribution in [3.05, 3.63) is 29.8 Å². The van der Waals surface area contributed by atoms with Crippen LogP contribution in [0.4, 0.5) is 0 Å². The Kier molecular flexibility index (Phi) is 5.43. The van der Waals surface area contributed by atoms with E-state index in [1.54, 1.807) is 30.3 Å². The summed E-state index contributed by atoms with van der Waals surface area (Å²) in [4.78, 5) is 0. The van der Waals surface area contributed by atoms with Gasteiger partial charge in [0.25, 0.3) is 0 Å². The SMILES string of the molecule is N#CCC(O)C(O)c1ccc(OCCO)cc1. The molecule has 2 atom stereocenters. The lowest BCUT2D eigenvalue weighted by Gasteiger charge is -2.15. The van der Waals surface area contributed by atoms with Crippen LogP contribution in [0.15, 0.2) is 24.3 Å². The van der Waals surface area contributed by atoms with Gasteiger partial charge in [0, 0.05) is 0 Å². The van der Waals surface area contributed by atoms with Crippen LogP contribution in [0.3, 0.4) is 0 Å². The molecule has 0 saturated heterocycles. The van der Waals surface area contributed by atoms with Crippen molar-refractivity contribution in [1.29, 1.82) is 5.26 Å². The van der Waals surface area contributed by atoms with Gasteiger partial charge in [-0.15, -0.1) is 0 Å². The molecule has 0 amide bonds. The zero-order chi connectivity index (χ0) is 12.7. The summed E-state index contributed by atoms with van der Waals surface area (Å²) in [5.74, 6) is 0.574. The summed E-state index contributed by atoms with van der Waals surface area (Å²) in [6, 6.07) is 8.28. The lowest BCUT2D eigenvalue weighted by molar-refractivity contribution is 0.0216. The maximum absolute atomic E-state index is 9.71. The maximum atomic E-state index is 9.71. The highest BCUT2D eigenvalue weighted by Gasteiger charge is 2.17. The highest BCUT2D eigenvalue weighted by Crippen LogP contribution is 2.21. The third-order valence-corrected chi connectivity index (χ3v) is 2.25. The van der Waals surface area contributed by atoms with Gasteiger partial charge in [-0.05, 0) is 17.7 Å². The van der Waals surface area contributed by atoms with Gasteiger partial charge in [-0.25, -0.2) is 0 Å². The van der Waals surface area contributed by atoms with Crippen LogP contribution in [0.1, 0.15) is 18.1 Å². The first-order chi connectivity index (χ1) is 8.19. The standard InChI is InChI=1S/C12H15NO4/c13-6-5-11(15)12(16)9-1-3-10(4-2-9)17-8-7-14/h1-4,11-12,14-16H,5,7-8H2. The van der Waals surface area contributed by atoms with Gasteiger partial charge in [0.05, 0.1) is 25.2 Å². The minimum atomic E-state index is -1.09. The molecule has 0 saturated carbocycles. The first-order valence-corrected chi connectivity index (χ1v) is 5.25. The summed E-state index contributed by atoms with van der Waals surface area (Å²) in [6.45, 7) is 0.143. The number of nitriles is 1. The van der Waals surface area contributed by atoms with Gasteiger partial charge in [0.1, 0.15) is 18.5 Å². The van der Waals surface area contributed by atoms with Crippen molar-refractivity contribution in [1.82, 2.24) is 0 Å². The van der Waals surface area contributed by atoms with E-state index in [9.17, 15) is 10.2 Å². The van der Waals surface area contributed by atoms with Crippen molar-refractivity contribution in [2.45, 2.75) is 18.6 Å². The molecule has 0 aliphatic heterocycles. The number of aliphatic hydroxyl groups is 3. The smallest absolute Gasteiger partial charge is 0.119 e. The van der Waals surface area contributed by atoms with E-state index in [1.165, 1.54) is 0 Å². The van der Waals surface area contributed by atoms with Gasteiger partial charge < -0.3 is 20.1 Å². The summed E-state index contributed by atoms with van der Waals surface area (Å²) in [5, 5.41) is 36.1. The number of hydrogen-bond donors (Lipinski definition) is 3. The van der Waals surface area contributed by atoms with Crippen molar-refractivity contribution in [2.24, 2.45) is 0 Å². The molecule has 1 aromatic carbocycles. The molecule has 0 aromatic heterocycles. The molecule has 0 spiro atoms. The third-order valence-electron chi connectivity index (χ3n) is 2.25. The first kappa shape index (κ1) is 13.5. The van der Waals surface area contributed by atoms with Gasteiger partial charge in [-0.3, -0.25) is 0 Å². The Morgan fingerprint density at radius 3 is 2.41 bits per heavy atom. The molecule has 2 unspecified atom stereocenters. The van der Waals surface area contributed by atoms with Crippen LogP contribution in [0.5, 0.6) is 5.75 Å². The van der Waals surface area contributed by atoms with E-state index < -0.39 is 12.2 Å². The molecule has 0 heterocycles. The average molecular weight is 237 g/mol. The summed E-state index contributed by atoms with van der Waals surface area (Å²) in [5.41, 5.74) is 0.518. The molecule has 0 fully saturated rings. The zero-order valence-corrected chi connectivity index (χ0v) is 9.28. The molecule has 17 heavy (non-hydrogen) atoms. The summed E-state index contributed by atoms with van der Waals surface area (Å²) in [7, 11) is 0. The molecule has 92 valence electrons. The minimum Gasteiger partial charge on any atom is -0.491 e. The number of rotatable bonds is 6. The Bertz CT molecular complexity index is 371. The number of ether oxygens (including phenoxy) is 1. The predicted molar refractivity (Wildman–Crippen MR) is 60.2 cm³/mol. The molecule has 0 bridgehead atoms. The normalized spacial score (nSPS) is 13.8. The molecular formula is C12H15NO4. The number of nitrogens with zero attached hydrogens (tertiary/aromatic N) is 1. The van der Waals surface area contributed by atoms with E-state index in [0.717, 1.165) is 0 Å². The lowest BCUT2D eigenvalue weighted by atomic mass is 10.0. The van der Waals surface area contributed by atoms with Gasteiger partial charge in [-0.1, -0.05) is 12.1 Å². The number of hydrogen-bond acceptors (Lipinski definition) is 5. The molecule has 5 heteroatoms. The Hall–Kier alpha value is -1.61. The second-order valence-corrected chi connectivity index (χ2v) is 3.52. The molecule has 1 rings (SSSR count). The van der Waals surface area contributed by atoms with E-state index in [4.69, 9.17) is 15.1 Å². The molecule has 0 aliphatic rings. The Morgan fingerprint density at radius 1 is 1.24 bits per heavy atom. The van der Waals surface area contributed by atoms with E-state index in [1.807, 2.05) is 0 Å². The predicted octanol–water partition coefficient (Wildman–Crippen LogP) is 0.366. The second kappa shape index (κ2) is 6.86. The maximum Gasteiger partial charge on any atom is 0.119 e. The van der Waals surface area contributed by atoms with Crippen LogP contribution in [0, 0.1) is 11.3 Å². The number of benzene rings is 1. The molecular weight excluding hydrogens is 222 g/mol. The van der Waals surface area contributed by atoms with Crippen LogP contribution in [0.2, 0.25) is 0 Å². The van der Waals surface area contributed by atoms with Crippen molar-refractivity contribution in [3.63, 3.8) is 0 Å². The third kappa shape index (κ3) is 4.04. The van der Waals surface area contributed by atoms with Gasteiger partial charge in [0.15, 0.2) is 0 Å². The Morgan fingerprint density at radius 2 is 1.88 bits per heavy atom. The van der Waals surface area contributed by atoms with Crippen molar-refractivity contribution in [2.75, 3.05) is 13.2 Å². The minimum absolute atomic E-state index is 0.0642. The van der Waals surface area contributed by atoms with Crippen LogP contribution < -0.4 is 4.74 Å². The molecule has 3 N–H and O–H groups in total. The zero-order valence-electron chi connectivity index (χ0n) is 9.28. The van der Waals surface area contributed by atoms with Crippen LogP contribution in [0.25, 0.3) is 0 Å². The Balaban J connectivity index is 2.63. The average Bonchev–Trinajstić information content (AvgIpc) is 2.36. The Labute approximate surface area is 99.5 Å². The quantitative estimate of drug-likeness (QED) is 0.664. The molecule has 0 aliphatic carbocycles. The molecule has 1 aromatic rings. The first-order valence-electron chi connectivity index (χ1n) is 5.25. The van der Waals surface area contributed by atoms with Crippen molar-refractivity contribution < 1.29 is 20.1 Å². The van der Waals surface area contributed by atoms with E-state index in [2.05, 4.69) is 0 Å². The van der Waals surface area contributed by atoms with Gasteiger partial charge in [-0.2, -0.15) is 5.26 Å². The van der Waals surface area contributed by atoms with Gasteiger partial charge in [0.2, 0.25) is 0 Å². The largest absolute Gasteiger partial charge is 0.491 e. The monoisotopic (exact) mass is 237 g/mol. The molecule has 0 radical (unpaired) electrons. The summed E-state index contributed by atoms with van der Waals surface area (Å²) < 4.78 is 5.15. The topological polar surface area (TPSA) is 93.7 Å². The lowest BCUT2D eigenvalue weighted by Crippen LogP contribution is -2.17. The van der Waals surface area contributed by atoms with E-state index in [-0.39, 0.29) is 19.6 Å². The second-order valence-electron chi connectivity index (χ2n) is 3.52. The number of aliphatic hydroxyl groups excluding tert-OH is 3. The van der Waals surface area contributed by atoms with Gasteiger partial charge >= 0.3 is 0 Å². The fourth-order valence-electron chi connectivity index (χ4n) is 1.35. The highest BCUT2D eigenvalue weighted by molar-refractivity contribution is 5.29. The fourth-order valence-corrected chi connectivity index (χ4v) is 1.35. The van der Waals surface area contributed by atoms with E-state index in [0.29, 0.717) is 11.3 Å². The highest BCUT2D eigenvalue weighted by atomic mass is 16.5. The van der Waals surface area contributed by atoms with Crippen LogP contribution >= 0.6 is 0 Å². The molecule has 5 nitrogen and oxygen atoms in total. The fraction of sp³-hybridized carbons (Fsp3) is 0.417. The van der Waals surface area contributed by atoms with Crippen molar-refractivity contribution in [3.8, 4) is 11.8 Å². The summed E-state index contributed by atoms with van der Waals surface area (Å²) in [6.07, 6.45) is -2.30. The van der Waals surface area contributed by atoms with Crippen molar-refractivity contribution >= 4 is 0 Å². The summed E-state index contributed by atoms with van der Waals surface area (Å²) >= 11 is 0. The van der Waals surface area contributed by atoms with Crippen LogP contribution in [-0.2, 0) is 0 Å².